The highest BCUT2D eigenvalue weighted by molar-refractivity contribution is 7.17. The maximum Gasteiger partial charge on any atom is 0.0740 e. The van der Waals surface area contributed by atoms with Gasteiger partial charge in [0.15, 0.2) is 0 Å². The van der Waals surface area contributed by atoms with Crippen molar-refractivity contribution in [1.29, 1.82) is 5.41 Å². The molecule has 3 N–H and O–H groups in total. The number of aromatic nitrogens is 1. The molecule has 2 heterocycles. The Balaban J connectivity index is 0.000000389. The second kappa shape index (κ2) is 13.7. The molecule has 4 heteroatoms. The highest BCUT2D eigenvalue weighted by Gasteiger charge is 2.53. The Morgan fingerprint density at radius 3 is 2.07 bits per heavy atom. The Morgan fingerprint density at radius 2 is 1.53 bits per heavy atom. The summed E-state index contributed by atoms with van der Waals surface area (Å²) >= 11 is 1.87. The summed E-state index contributed by atoms with van der Waals surface area (Å²) < 4.78 is 0. The van der Waals surface area contributed by atoms with Gasteiger partial charge in [0.05, 0.1) is 5.41 Å². The minimum Gasteiger partial charge on any atom is -0.405 e. The van der Waals surface area contributed by atoms with Crippen molar-refractivity contribution >= 4 is 30.2 Å². The first-order valence-corrected chi connectivity index (χ1v) is 15.9. The molecule has 45 heavy (non-hydrogen) atoms. The molecule has 0 fully saturated rings. The SMILES string of the molecule is C=Cc1sc2c(c1/C=C\C)C1(c3ccccc3-c3ccccc31)c1cc(CC(/C=C\N)=C/C)ccc1-2.C=N.Cc1ccncc1. The number of pyridine rings is 1. The molecule has 0 amide bonds. The van der Waals surface area contributed by atoms with Crippen LogP contribution >= 0.6 is 11.3 Å². The topological polar surface area (TPSA) is 62.8 Å². The molecule has 0 aliphatic heterocycles. The number of fused-ring (bicyclic) bond motifs is 10. The predicted molar refractivity (Wildman–Crippen MR) is 195 cm³/mol. The van der Waals surface area contributed by atoms with Crippen molar-refractivity contribution in [1.82, 2.24) is 4.98 Å². The molecule has 3 aromatic carbocycles. The summed E-state index contributed by atoms with van der Waals surface area (Å²) in [5, 5.41) is 5.50. The van der Waals surface area contributed by atoms with Crippen LogP contribution in [0.2, 0.25) is 0 Å². The van der Waals surface area contributed by atoms with Crippen LogP contribution in [0.25, 0.3) is 33.7 Å². The average molecular weight is 606 g/mol. The van der Waals surface area contributed by atoms with Crippen LogP contribution in [0.15, 0.2) is 128 Å². The van der Waals surface area contributed by atoms with E-state index in [2.05, 4.69) is 117 Å². The number of rotatable bonds is 5. The number of nitrogens with one attached hydrogen (secondary N) is 1. The van der Waals surface area contributed by atoms with Gasteiger partial charge in [-0.05, 0) is 120 Å². The quantitative estimate of drug-likeness (QED) is 0.151. The lowest BCUT2D eigenvalue weighted by molar-refractivity contribution is 0.791. The molecule has 2 aliphatic rings. The molecule has 1 spiro atoms. The molecule has 2 aliphatic carbocycles. The summed E-state index contributed by atoms with van der Waals surface area (Å²) in [5.41, 5.74) is 20.0. The molecule has 0 radical (unpaired) electrons. The lowest BCUT2D eigenvalue weighted by Crippen LogP contribution is -2.26. The van der Waals surface area contributed by atoms with Crippen LogP contribution in [0, 0.1) is 12.3 Å². The van der Waals surface area contributed by atoms with Crippen LogP contribution in [0.4, 0.5) is 0 Å². The normalized spacial score (nSPS) is 13.4. The van der Waals surface area contributed by atoms with Gasteiger partial charge in [0.25, 0.3) is 0 Å². The summed E-state index contributed by atoms with van der Waals surface area (Å²) in [4.78, 5) is 6.44. The number of thiophene rings is 1. The van der Waals surface area contributed by atoms with Gasteiger partial charge in [-0.15, -0.1) is 11.3 Å². The summed E-state index contributed by atoms with van der Waals surface area (Å²) in [6, 6.07) is 28.9. The van der Waals surface area contributed by atoms with Crippen LogP contribution in [-0.2, 0) is 11.8 Å². The molecule has 2 aromatic heterocycles. The van der Waals surface area contributed by atoms with Gasteiger partial charge in [-0.3, -0.25) is 4.98 Å². The van der Waals surface area contributed by atoms with Crippen LogP contribution in [-0.4, -0.2) is 11.7 Å². The average Bonchev–Trinajstić information content (AvgIpc) is 3.69. The Bertz CT molecular complexity index is 1880. The van der Waals surface area contributed by atoms with E-state index in [1.807, 2.05) is 42.5 Å². The molecular weight excluding hydrogens is 567 g/mol. The van der Waals surface area contributed by atoms with Gasteiger partial charge in [0, 0.05) is 22.1 Å². The van der Waals surface area contributed by atoms with E-state index >= 15 is 0 Å². The number of nitrogens with two attached hydrogens (primary N) is 1. The van der Waals surface area contributed by atoms with Crippen molar-refractivity contribution in [2.24, 2.45) is 5.73 Å². The smallest absolute Gasteiger partial charge is 0.0740 e. The Labute approximate surface area is 271 Å². The number of aryl methyl sites for hydroxylation is 1. The zero-order valence-electron chi connectivity index (χ0n) is 26.2. The fraction of sp³-hybridized carbons (Fsp3) is 0.122. The first-order chi connectivity index (χ1) is 22.1. The fourth-order valence-corrected chi connectivity index (χ4v) is 7.93. The number of hydrogen-bond acceptors (Lipinski definition) is 4. The monoisotopic (exact) mass is 605 g/mol. The van der Waals surface area contributed by atoms with Crippen LogP contribution < -0.4 is 5.73 Å². The minimum atomic E-state index is -0.347. The first kappa shape index (κ1) is 31.4. The van der Waals surface area contributed by atoms with Gasteiger partial charge >= 0.3 is 0 Å². The van der Waals surface area contributed by atoms with E-state index in [1.54, 1.807) is 18.6 Å². The third kappa shape index (κ3) is 5.32. The molecule has 0 bridgehead atoms. The molecule has 5 aromatic rings. The number of allylic oxidation sites excluding steroid dienone is 4. The largest absolute Gasteiger partial charge is 0.405 e. The molecule has 0 atom stereocenters. The minimum absolute atomic E-state index is 0.347. The molecule has 0 saturated carbocycles. The summed E-state index contributed by atoms with van der Waals surface area (Å²) in [5.74, 6) is 0. The third-order valence-corrected chi connectivity index (χ3v) is 9.72. The van der Waals surface area contributed by atoms with Crippen molar-refractivity contribution in [3.63, 3.8) is 0 Å². The van der Waals surface area contributed by atoms with E-state index in [9.17, 15) is 0 Å². The lowest BCUT2D eigenvalue weighted by Gasteiger charge is -2.31. The van der Waals surface area contributed by atoms with Gasteiger partial charge in [0.1, 0.15) is 0 Å². The molecule has 0 unspecified atom stereocenters. The fourth-order valence-electron chi connectivity index (χ4n) is 6.69. The third-order valence-electron chi connectivity index (χ3n) is 8.49. The maximum atomic E-state index is 5.73. The van der Waals surface area contributed by atoms with Crippen LogP contribution in [0.1, 0.15) is 57.7 Å². The Kier molecular flexibility index (Phi) is 9.56. The number of nitrogens with zero attached hydrogens (tertiary/aromatic N) is 1. The maximum absolute atomic E-state index is 5.73. The molecule has 3 nitrogen and oxygen atoms in total. The predicted octanol–water partition coefficient (Wildman–Crippen LogP) is 10.4. The van der Waals surface area contributed by atoms with Crippen molar-refractivity contribution in [3.8, 4) is 21.6 Å². The van der Waals surface area contributed by atoms with Gasteiger partial charge < -0.3 is 11.1 Å². The zero-order chi connectivity index (χ0) is 32.0. The van der Waals surface area contributed by atoms with Gasteiger partial charge in [-0.2, -0.15) is 0 Å². The van der Waals surface area contributed by atoms with Gasteiger partial charge in [0.2, 0.25) is 0 Å². The van der Waals surface area contributed by atoms with Crippen LogP contribution in [0.3, 0.4) is 0 Å². The number of benzene rings is 3. The highest BCUT2D eigenvalue weighted by Crippen LogP contribution is 2.65. The van der Waals surface area contributed by atoms with Crippen molar-refractivity contribution in [2.75, 3.05) is 0 Å². The van der Waals surface area contributed by atoms with E-state index in [-0.39, 0.29) is 5.41 Å². The zero-order valence-corrected chi connectivity index (χ0v) is 27.0. The van der Waals surface area contributed by atoms with E-state index in [1.165, 1.54) is 71.0 Å². The Morgan fingerprint density at radius 1 is 0.889 bits per heavy atom. The standard InChI is InChI=1S/C34H29NS.C6H7N.CH3N/c1-4-11-27-31(6-3)36-33-26-17-16-23(20-22(5-2)18-19-35)21-30(26)34(32(27)33)28-14-9-7-12-24(28)25-13-8-10-15-29(25)34;1-6-2-4-7-5-3-6;1-2/h4-19,21H,3,20,35H2,1-2H3;2-5H,1H3;2H,1H2/b11-4-,19-18-,22-5+;;. The van der Waals surface area contributed by atoms with E-state index in [4.69, 9.17) is 11.1 Å². The van der Waals surface area contributed by atoms with Gasteiger partial charge in [-0.25, -0.2) is 0 Å². The Hall–Kier alpha value is -5.06. The number of hydrogen-bond donors (Lipinski definition) is 2. The summed E-state index contributed by atoms with van der Waals surface area (Å²) in [7, 11) is 0. The highest BCUT2D eigenvalue weighted by atomic mass is 32.1. The van der Waals surface area contributed by atoms with Crippen molar-refractivity contribution < 1.29 is 0 Å². The van der Waals surface area contributed by atoms with Gasteiger partial charge in [-0.1, -0.05) is 97.6 Å². The molecule has 0 saturated heterocycles. The molecular formula is C41H39N3S. The summed E-state index contributed by atoms with van der Waals surface area (Å²) in [6.07, 6.45) is 16.6. The van der Waals surface area contributed by atoms with E-state index in [0.717, 1.165) is 6.42 Å². The van der Waals surface area contributed by atoms with Crippen molar-refractivity contribution in [2.45, 2.75) is 32.6 Å². The molecule has 224 valence electrons. The van der Waals surface area contributed by atoms with Crippen LogP contribution in [0.5, 0.6) is 0 Å². The second-order valence-electron chi connectivity index (χ2n) is 10.9. The van der Waals surface area contributed by atoms with E-state index in [0.29, 0.717) is 0 Å². The first-order valence-electron chi connectivity index (χ1n) is 15.1. The van der Waals surface area contributed by atoms with Crippen molar-refractivity contribution in [3.05, 3.63) is 172 Å². The lowest BCUT2D eigenvalue weighted by atomic mass is 9.69. The van der Waals surface area contributed by atoms with E-state index < -0.39 is 0 Å². The molecule has 7 rings (SSSR count). The summed E-state index contributed by atoms with van der Waals surface area (Å²) in [6.45, 7) is 12.9. The second-order valence-corrected chi connectivity index (χ2v) is 12.0.